The lowest BCUT2D eigenvalue weighted by molar-refractivity contribution is -0.120. The molecule has 0 fully saturated rings. The van der Waals surface area contributed by atoms with Crippen LogP contribution in [0.5, 0.6) is 5.75 Å². The fraction of sp³-hybridized carbons (Fsp3) is 0.150. The van der Waals surface area contributed by atoms with Crippen LogP contribution >= 0.6 is 23.4 Å². The molecule has 0 bridgehead atoms. The Morgan fingerprint density at radius 3 is 2.78 bits per heavy atom. The van der Waals surface area contributed by atoms with Crippen LogP contribution in [0.25, 0.3) is 10.9 Å². The van der Waals surface area contributed by atoms with Crippen molar-refractivity contribution in [2.24, 2.45) is 5.10 Å². The maximum Gasteiger partial charge on any atom is 0.253 e. The van der Waals surface area contributed by atoms with Gasteiger partial charge in [0.1, 0.15) is 10.9 Å². The van der Waals surface area contributed by atoms with Crippen molar-refractivity contribution in [2.75, 3.05) is 7.11 Å². The summed E-state index contributed by atoms with van der Waals surface area (Å²) in [6, 6.07) is 17.2. The molecule has 2 aromatic carbocycles. The summed E-state index contributed by atoms with van der Waals surface area (Å²) >= 11 is 7.69. The molecule has 1 N–H and O–H groups in total. The van der Waals surface area contributed by atoms with E-state index in [9.17, 15) is 4.79 Å². The van der Waals surface area contributed by atoms with Gasteiger partial charge in [-0.1, -0.05) is 29.8 Å². The Morgan fingerprint density at radius 2 is 2.04 bits per heavy atom. The number of nitrogens with one attached hydrogen (secondary N) is 1. The normalized spacial score (nSPS) is 12.3. The second-order valence-corrected chi connectivity index (χ2v) is 7.51. The van der Waals surface area contributed by atoms with E-state index in [1.807, 2.05) is 61.5 Å². The van der Waals surface area contributed by atoms with Crippen molar-refractivity contribution in [3.8, 4) is 5.75 Å². The van der Waals surface area contributed by atoms with E-state index in [4.69, 9.17) is 16.3 Å². The fourth-order valence-electron chi connectivity index (χ4n) is 2.37. The lowest BCUT2D eigenvalue weighted by Gasteiger charge is -2.09. The predicted octanol–water partition coefficient (Wildman–Crippen LogP) is 4.53. The average molecular weight is 400 g/mol. The van der Waals surface area contributed by atoms with Crippen molar-refractivity contribution >= 4 is 46.4 Å². The van der Waals surface area contributed by atoms with Gasteiger partial charge in [-0.05, 0) is 37.3 Å². The summed E-state index contributed by atoms with van der Waals surface area (Å²) < 4.78 is 5.19. The summed E-state index contributed by atoms with van der Waals surface area (Å²) in [5, 5.41) is 4.95. The van der Waals surface area contributed by atoms with Gasteiger partial charge in [0.2, 0.25) is 0 Å². The molecule has 1 amide bonds. The first kappa shape index (κ1) is 19.2. The van der Waals surface area contributed by atoms with Crippen LogP contribution in [0.2, 0.25) is 5.15 Å². The van der Waals surface area contributed by atoms with Gasteiger partial charge >= 0.3 is 0 Å². The molecule has 7 heteroatoms. The molecule has 0 spiro atoms. The molecule has 0 saturated heterocycles. The molecule has 1 aromatic heterocycles. The molecule has 5 nitrogen and oxygen atoms in total. The van der Waals surface area contributed by atoms with Gasteiger partial charge in [-0.2, -0.15) is 5.10 Å². The first-order chi connectivity index (χ1) is 13.1. The number of hydrogen-bond donors (Lipinski definition) is 1. The minimum absolute atomic E-state index is 0.185. The Bertz CT molecular complexity index is 980. The van der Waals surface area contributed by atoms with Crippen LogP contribution in [0.3, 0.4) is 0 Å². The molecule has 3 aromatic rings. The third-order valence-electron chi connectivity index (χ3n) is 3.81. The van der Waals surface area contributed by atoms with Crippen molar-refractivity contribution < 1.29 is 9.53 Å². The van der Waals surface area contributed by atoms with Crippen LogP contribution in [0.1, 0.15) is 12.5 Å². The minimum atomic E-state index is -0.276. The van der Waals surface area contributed by atoms with Gasteiger partial charge < -0.3 is 4.74 Å². The van der Waals surface area contributed by atoms with Crippen LogP contribution in [-0.2, 0) is 4.79 Å². The summed E-state index contributed by atoms with van der Waals surface area (Å²) in [6.45, 7) is 1.83. The average Bonchev–Trinajstić information content (AvgIpc) is 2.68. The van der Waals surface area contributed by atoms with Gasteiger partial charge in [0.05, 0.1) is 24.1 Å². The Hall–Kier alpha value is -2.57. The monoisotopic (exact) mass is 399 g/mol. The zero-order chi connectivity index (χ0) is 19.2. The number of carbonyl (C=O) groups is 1. The summed E-state index contributed by atoms with van der Waals surface area (Å²) in [5.74, 6) is 0.527. The third kappa shape index (κ3) is 4.99. The summed E-state index contributed by atoms with van der Waals surface area (Å²) in [5.41, 5.74) is 3.90. The molecule has 1 atom stereocenters. The zero-order valence-corrected chi connectivity index (χ0v) is 16.4. The quantitative estimate of drug-likeness (QED) is 0.286. The van der Waals surface area contributed by atoms with E-state index in [-0.39, 0.29) is 11.2 Å². The van der Waals surface area contributed by atoms with Crippen molar-refractivity contribution in [3.63, 3.8) is 0 Å². The maximum absolute atomic E-state index is 12.2. The number of nitrogens with zero attached hydrogens (tertiary/aromatic N) is 2. The number of methoxy groups -OCH3 is 1. The van der Waals surface area contributed by atoms with Gasteiger partial charge in [0, 0.05) is 21.9 Å². The highest BCUT2D eigenvalue weighted by molar-refractivity contribution is 8.00. The fourth-order valence-corrected chi connectivity index (χ4v) is 3.45. The first-order valence-electron chi connectivity index (χ1n) is 8.26. The SMILES string of the molecule is COc1ccc2cc(/C=N\NC(=O)C(C)Sc3ccccc3)c(Cl)nc2c1. The molecule has 138 valence electrons. The van der Waals surface area contributed by atoms with E-state index in [2.05, 4.69) is 15.5 Å². The van der Waals surface area contributed by atoms with Crippen LogP contribution < -0.4 is 10.2 Å². The number of halogens is 1. The molecule has 3 rings (SSSR count). The van der Waals surface area contributed by atoms with Crippen molar-refractivity contribution in [1.29, 1.82) is 0 Å². The van der Waals surface area contributed by atoms with Crippen LogP contribution in [0, 0.1) is 0 Å². The van der Waals surface area contributed by atoms with E-state index < -0.39 is 0 Å². The molecule has 0 radical (unpaired) electrons. The van der Waals surface area contributed by atoms with Crippen LogP contribution in [0.4, 0.5) is 0 Å². The van der Waals surface area contributed by atoms with Gasteiger partial charge in [-0.3, -0.25) is 4.79 Å². The molecule has 0 saturated carbocycles. The smallest absolute Gasteiger partial charge is 0.253 e. The molecule has 1 heterocycles. The number of fused-ring (bicyclic) bond motifs is 1. The van der Waals surface area contributed by atoms with Crippen LogP contribution in [0.15, 0.2) is 64.6 Å². The van der Waals surface area contributed by atoms with Crippen LogP contribution in [-0.4, -0.2) is 29.5 Å². The summed E-state index contributed by atoms with van der Waals surface area (Å²) in [7, 11) is 1.60. The number of aromatic nitrogens is 1. The third-order valence-corrected chi connectivity index (χ3v) is 5.22. The predicted molar refractivity (Wildman–Crippen MR) is 111 cm³/mol. The number of pyridine rings is 1. The number of benzene rings is 2. The number of ether oxygens (including phenoxy) is 1. The lowest BCUT2D eigenvalue weighted by atomic mass is 10.1. The molecule has 27 heavy (non-hydrogen) atoms. The first-order valence-corrected chi connectivity index (χ1v) is 9.51. The van der Waals surface area contributed by atoms with Gasteiger partial charge in [-0.15, -0.1) is 11.8 Å². The molecule has 1 unspecified atom stereocenters. The van der Waals surface area contributed by atoms with E-state index in [1.165, 1.54) is 18.0 Å². The summed E-state index contributed by atoms with van der Waals surface area (Å²) in [4.78, 5) is 17.6. The lowest BCUT2D eigenvalue weighted by Crippen LogP contribution is -2.26. The maximum atomic E-state index is 12.2. The summed E-state index contributed by atoms with van der Waals surface area (Å²) in [6.07, 6.45) is 1.50. The number of rotatable bonds is 6. The number of hydrazone groups is 1. The largest absolute Gasteiger partial charge is 0.497 e. The zero-order valence-electron chi connectivity index (χ0n) is 14.8. The van der Waals surface area contributed by atoms with E-state index in [0.717, 1.165) is 15.8 Å². The second-order valence-electron chi connectivity index (χ2n) is 5.73. The van der Waals surface area contributed by atoms with Crippen molar-refractivity contribution in [3.05, 3.63) is 65.3 Å². The number of amides is 1. The van der Waals surface area contributed by atoms with Gasteiger partial charge in [-0.25, -0.2) is 10.4 Å². The topological polar surface area (TPSA) is 63.6 Å². The molecular weight excluding hydrogens is 382 g/mol. The molecule has 0 aliphatic heterocycles. The van der Waals surface area contributed by atoms with Gasteiger partial charge in [0.25, 0.3) is 5.91 Å². The van der Waals surface area contributed by atoms with E-state index >= 15 is 0 Å². The van der Waals surface area contributed by atoms with Crippen molar-refractivity contribution in [1.82, 2.24) is 10.4 Å². The molecular formula is C20H18ClN3O2S. The highest BCUT2D eigenvalue weighted by Gasteiger charge is 2.13. The minimum Gasteiger partial charge on any atom is -0.497 e. The molecule has 0 aliphatic rings. The molecule has 0 aliphatic carbocycles. The van der Waals surface area contributed by atoms with E-state index in [1.54, 1.807) is 7.11 Å². The number of thioether (sulfide) groups is 1. The highest BCUT2D eigenvalue weighted by Crippen LogP contribution is 2.24. The Morgan fingerprint density at radius 1 is 1.26 bits per heavy atom. The van der Waals surface area contributed by atoms with Crippen molar-refractivity contribution in [2.45, 2.75) is 17.1 Å². The second kappa shape index (κ2) is 8.88. The van der Waals surface area contributed by atoms with E-state index in [0.29, 0.717) is 16.5 Å². The Labute approximate surface area is 166 Å². The number of hydrogen-bond acceptors (Lipinski definition) is 5. The van der Waals surface area contributed by atoms with Gasteiger partial charge in [0.15, 0.2) is 0 Å². The standard InChI is InChI=1S/C20H18ClN3O2S/c1-13(27-17-6-4-3-5-7-17)20(25)24-22-12-15-10-14-8-9-16(26-2)11-18(14)23-19(15)21/h3-13H,1-2H3,(H,24,25)/b22-12-. The Kier molecular flexibility index (Phi) is 6.32. The number of carbonyl (C=O) groups excluding carboxylic acids is 1. The Balaban J connectivity index is 1.66. The highest BCUT2D eigenvalue weighted by atomic mass is 35.5.